The van der Waals surface area contributed by atoms with Gasteiger partial charge in [-0.2, -0.15) is 0 Å². The van der Waals surface area contributed by atoms with Crippen LogP contribution in [0.3, 0.4) is 0 Å². The third kappa shape index (κ3) is 3.48. The highest BCUT2D eigenvalue weighted by molar-refractivity contribution is 5.84. The number of aromatic nitrogens is 1. The van der Waals surface area contributed by atoms with Gasteiger partial charge in [-0.05, 0) is 42.3 Å². The summed E-state index contributed by atoms with van der Waals surface area (Å²) in [5.74, 6) is 0.193. The third-order valence-electron chi connectivity index (χ3n) is 5.84. The average molecular weight is 404 g/mol. The van der Waals surface area contributed by atoms with E-state index in [1.807, 2.05) is 25.3 Å². The molecule has 1 amide bonds. The highest BCUT2D eigenvalue weighted by atomic mass is 16.7. The maximum atomic E-state index is 11.9. The maximum absolute atomic E-state index is 11.9. The summed E-state index contributed by atoms with van der Waals surface area (Å²) in [6.45, 7) is 3.83. The molecule has 1 saturated heterocycles. The zero-order chi connectivity index (χ0) is 20.6. The van der Waals surface area contributed by atoms with E-state index in [0.717, 1.165) is 33.3 Å². The van der Waals surface area contributed by atoms with E-state index < -0.39 is 5.79 Å². The minimum Gasteiger partial charge on any atom is -0.462 e. The van der Waals surface area contributed by atoms with Gasteiger partial charge >= 0.3 is 6.09 Å². The van der Waals surface area contributed by atoms with Crippen LogP contribution in [0, 0.1) is 0 Å². The third-order valence-corrected chi connectivity index (χ3v) is 5.84. The van der Waals surface area contributed by atoms with Crippen LogP contribution in [0.5, 0.6) is 5.75 Å². The molecule has 0 N–H and O–H groups in total. The number of piperidine rings is 1. The highest BCUT2D eigenvalue weighted by Crippen LogP contribution is 2.39. The molecule has 0 aliphatic carbocycles. The summed E-state index contributed by atoms with van der Waals surface area (Å²) in [7, 11) is 0. The van der Waals surface area contributed by atoms with E-state index in [0.29, 0.717) is 39.1 Å². The second-order valence-corrected chi connectivity index (χ2v) is 7.72. The molecular formula is C24H24N2O4. The number of rotatable bonds is 2. The number of fused-ring (bicyclic) bond motifs is 2. The van der Waals surface area contributed by atoms with Crippen LogP contribution in [-0.2, 0) is 16.1 Å². The lowest BCUT2D eigenvalue weighted by atomic mass is 9.98. The van der Waals surface area contributed by atoms with Crippen LogP contribution >= 0.6 is 0 Å². The first-order valence-electron chi connectivity index (χ1n) is 10.4. The van der Waals surface area contributed by atoms with Gasteiger partial charge in [-0.15, -0.1) is 0 Å². The average Bonchev–Trinajstić information content (AvgIpc) is 2.79. The quantitative estimate of drug-likeness (QED) is 0.616. The summed E-state index contributed by atoms with van der Waals surface area (Å²) in [6.07, 6.45) is 2.80. The molecule has 2 aliphatic rings. The number of pyridine rings is 1. The van der Waals surface area contributed by atoms with Crippen molar-refractivity contribution in [2.75, 3.05) is 19.7 Å². The first-order chi connectivity index (χ1) is 14.7. The Bertz CT molecular complexity index is 1090. The van der Waals surface area contributed by atoms with Crippen molar-refractivity contribution in [2.45, 2.75) is 32.2 Å². The van der Waals surface area contributed by atoms with Gasteiger partial charge in [-0.25, -0.2) is 4.79 Å². The lowest BCUT2D eigenvalue weighted by Gasteiger charge is -2.43. The van der Waals surface area contributed by atoms with Crippen molar-refractivity contribution in [2.24, 2.45) is 0 Å². The van der Waals surface area contributed by atoms with Gasteiger partial charge in [0.15, 0.2) is 0 Å². The highest BCUT2D eigenvalue weighted by Gasteiger charge is 2.42. The molecule has 5 rings (SSSR count). The molecule has 30 heavy (non-hydrogen) atoms. The minimum atomic E-state index is -0.662. The Morgan fingerprint density at radius 3 is 2.77 bits per heavy atom. The summed E-state index contributed by atoms with van der Waals surface area (Å²) < 4.78 is 17.6. The molecule has 2 aliphatic heterocycles. The summed E-state index contributed by atoms with van der Waals surface area (Å²) in [5, 5.41) is 1.13. The van der Waals surface area contributed by atoms with Crippen LogP contribution in [-0.4, -0.2) is 41.5 Å². The van der Waals surface area contributed by atoms with E-state index in [2.05, 4.69) is 41.4 Å². The Morgan fingerprint density at radius 1 is 1.13 bits per heavy atom. The van der Waals surface area contributed by atoms with Crippen LogP contribution in [0.1, 0.15) is 25.3 Å². The monoisotopic (exact) mass is 404 g/mol. The van der Waals surface area contributed by atoms with E-state index in [9.17, 15) is 4.79 Å². The number of ether oxygens (including phenoxy) is 3. The first-order valence-corrected chi connectivity index (χ1v) is 10.4. The van der Waals surface area contributed by atoms with Crippen molar-refractivity contribution >= 4 is 17.0 Å². The predicted octanol–water partition coefficient (Wildman–Crippen LogP) is 4.76. The molecule has 0 saturated carbocycles. The number of hydrogen-bond donors (Lipinski definition) is 0. The smallest absolute Gasteiger partial charge is 0.409 e. The van der Waals surface area contributed by atoms with Crippen molar-refractivity contribution in [3.63, 3.8) is 0 Å². The van der Waals surface area contributed by atoms with Gasteiger partial charge in [0.1, 0.15) is 5.75 Å². The Balaban J connectivity index is 1.33. The SMILES string of the molecule is CCOC(=O)N1CCC2(CC1)OCc1cc(-c3ccc4cccnc4c3)ccc1O2. The largest absolute Gasteiger partial charge is 0.462 e. The fraction of sp³-hybridized carbons (Fsp3) is 0.333. The number of nitrogens with zero attached hydrogens (tertiary/aromatic N) is 2. The first kappa shape index (κ1) is 18.9. The number of carbonyl (C=O) groups excluding carboxylic acids is 1. The molecule has 6 nitrogen and oxygen atoms in total. The van der Waals surface area contributed by atoms with Gasteiger partial charge in [0.05, 0.1) is 18.7 Å². The van der Waals surface area contributed by atoms with Gasteiger partial charge in [-0.1, -0.05) is 24.3 Å². The summed E-state index contributed by atoms with van der Waals surface area (Å²) in [5.41, 5.74) is 4.24. The summed E-state index contributed by atoms with van der Waals surface area (Å²) in [4.78, 5) is 18.1. The van der Waals surface area contributed by atoms with E-state index in [4.69, 9.17) is 14.2 Å². The summed E-state index contributed by atoms with van der Waals surface area (Å²) >= 11 is 0. The molecule has 154 valence electrons. The van der Waals surface area contributed by atoms with Crippen LogP contribution in [0.15, 0.2) is 54.7 Å². The van der Waals surface area contributed by atoms with E-state index >= 15 is 0 Å². The van der Waals surface area contributed by atoms with Crippen molar-refractivity contribution in [3.05, 3.63) is 60.3 Å². The van der Waals surface area contributed by atoms with Crippen LogP contribution < -0.4 is 4.74 Å². The Kier molecular flexibility index (Phi) is 4.79. The van der Waals surface area contributed by atoms with E-state index in [1.54, 1.807) is 4.90 Å². The lowest BCUT2D eigenvalue weighted by molar-refractivity contribution is -0.226. The minimum absolute atomic E-state index is 0.266. The molecule has 1 fully saturated rings. The van der Waals surface area contributed by atoms with E-state index in [-0.39, 0.29) is 6.09 Å². The fourth-order valence-corrected chi connectivity index (χ4v) is 4.15. The van der Waals surface area contributed by atoms with Crippen molar-refractivity contribution < 1.29 is 19.0 Å². The Labute approximate surface area is 175 Å². The second kappa shape index (κ2) is 7.61. The van der Waals surface area contributed by atoms with Crippen molar-refractivity contribution in [1.29, 1.82) is 0 Å². The van der Waals surface area contributed by atoms with E-state index in [1.165, 1.54) is 0 Å². The van der Waals surface area contributed by atoms with Crippen LogP contribution in [0.2, 0.25) is 0 Å². The van der Waals surface area contributed by atoms with Gasteiger partial charge in [0.25, 0.3) is 0 Å². The summed E-state index contributed by atoms with van der Waals surface area (Å²) in [6, 6.07) is 16.6. The van der Waals surface area contributed by atoms with Gasteiger partial charge in [0, 0.05) is 43.1 Å². The molecule has 0 unspecified atom stereocenters. The zero-order valence-electron chi connectivity index (χ0n) is 17.0. The normalized spacial score (nSPS) is 17.4. The number of likely N-dealkylation sites (tertiary alicyclic amines) is 1. The topological polar surface area (TPSA) is 60.9 Å². The Morgan fingerprint density at radius 2 is 1.93 bits per heavy atom. The number of amides is 1. The van der Waals surface area contributed by atoms with Crippen molar-refractivity contribution in [3.8, 4) is 16.9 Å². The predicted molar refractivity (Wildman–Crippen MR) is 113 cm³/mol. The molecule has 0 radical (unpaired) electrons. The molecule has 0 bridgehead atoms. The second-order valence-electron chi connectivity index (χ2n) is 7.72. The fourth-order valence-electron chi connectivity index (χ4n) is 4.15. The molecule has 6 heteroatoms. The Hall–Kier alpha value is -3.12. The number of hydrogen-bond acceptors (Lipinski definition) is 5. The molecule has 2 aromatic carbocycles. The molecule has 0 atom stereocenters. The van der Waals surface area contributed by atoms with Crippen molar-refractivity contribution in [1.82, 2.24) is 9.88 Å². The van der Waals surface area contributed by atoms with Crippen LogP contribution in [0.25, 0.3) is 22.0 Å². The molecule has 3 heterocycles. The standard InChI is InChI=1S/C24H24N2O4/c1-2-28-23(27)26-12-9-24(10-13-26)29-16-20-14-18(7-8-22(20)30-24)19-6-5-17-4-3-11-25-21(17)15-19/h3-8,11,14-15H,2,9-10,12-13,16H2,1H3. The zero-order valence-corrected chi connectivity index (χ0v) is 17.0. The van der Waals surface area contributed by atoms with Crippen LogP contribution in [0.4, 0.5) is 4.79 Å². The lowest BCUT2D eigenvalue weighted by Crippen LogP contribution is -2.52. The van der Waals surface area contributed by atoms with Gasteiger partial charge in [-0.3, -0.25) is 4.98 Å². The molecule has 1 spiro atoms. The number of carbonyl (C=O) groups is 1. The molecular weight excluding hydrogens is 380 g/mol. The number of benzene rings is 2. The molecule has 1 aromatic heterocycles. The maximum Gasteiger partial charge on any atom is 0.409 e. The van der Waals surface area contributed by atoms with Gasteiger partial charge < -0.3 is 19.1 Å². The van der Waals surface area contributed by atoms with Gasteiger partial charge in [0.2, 0.25) is 5.79 Å². The molecule has 3 aromatic rings.